The van der Waals surface area contributed by atoms with Crippen molar-refractivity contribution in [2.45, 2.75) is 51.5 Å². The molecule has 0 radical (unpaired) electrons. The largest absolute Gasteiger partial charge is 0.466 e. The zero-order chi connectivity index (χ0) is 12.3. The fraction of sp³-hybridized carbons (Fsp3) is 0.846. The van der Waals surface area contributed by atoms with Gasteiger partial charge >= 0.3 is 5.97 Å². The first-order valence-electron chi connectivity index (χ1n) is 6.65. The van der Waals surface area contributed by atoms with Gasteiger partial charge in [0.25, 0.3) is 0 Å². The maximum Gasteiger partial charge on any atom is 0.306 e. The Morgan fingerprint density at radius 3 is 2.24 bits per heavy atom. The highest BCUT2D eigenvalue weighted by molar-refractivity contribution is 5.81. The molecule has 2 rings (SSSR count). The molecule has 0 saturated heterocycles. The van der Waals surface area contributed by atoms with E-state index in [0.29, 0.717) is 24.5 Å². The Kier molecular flexibility index (Phi) is 4.02. The molecule has 0 aromatic rings. The first kappa shape index (κ1) is 12.4. The van der Waals surface area contributed by atoms with Crippen molar-refractivity contribution in [2.75, 3.05) is 6.61 Å². The second-order valence-electron chi connectivity index (χ2n) is 5.07. The van der Waals surface area contributed by atoms with Crippen LogP contribution in [0.1, 0.15) is 45.4 Å². The van der Waals surface area contributed by atoms with E-state index in [1.165, 1.54) is 25.7 Å². The molecule has 1 amide bonds. The molecule has 17 heavy (non-hydrogen) atoms. The average Bonchev–Trinajstić information content (AvgIpc) is 3.17. The van der Waals surface area contributed by atoms with Crippen LogP contribution in [0.3, 0.4) is 0 Å². The third kappa shape index (κ3) is 4.02. The van der Waals surface area contributed by atoms with Crippen LogP contribution in [0.4, 0.5) is 0 Å². The lowest BCUT2D eigenvalue weighted by atomic mass is 10.1. The normalized spacial score (nSPS) is 19.2. The first-order chi connectivity index (χ1) is 8.20. The number of nitrogens with one attached hydrogen (secondary N) is 1. The molecule has 2 fully saturated rings. The Morgan fingerprint density at radius 1 is 1.18 bits per heavy atom. The molecular formula is C13H21NO3. The highest BCUT2D eigenvalue weighted by atomic mass is 16.5. The summed E-state index contributed by atoms with van der Waals surface area (Å²) in [5.41, 5.74) is 0. The molecule has 0 heterocycles. The van der Waals surface area contributed by atoms with Crippen molar-refractivity contribution in [3.05, 3.63) is 0 Å². The van der Waals surface area contributed by atoms with Gasteiger partial charge in [-0.25, -0.2) is 0 Å². The molecule has 2 saturated carbocycles. The molecule has 0 aromatic carbocycles. The number of carbonyl (C=O) groups is 2. The number of esters is 1. The summed E-state index contributed by atoms with van der Waals surface area (Å²) in [5.74, 6) is 1.13. The Bertz CT molecular complexity index is 283. The van der Waals surface area contributed by atoms with E-state index in [2.05, 4.69) is 5.32 Å². The molecule has 0 spiro atoms. The van der Waals surface area contributed by atoms with Crippen molar-refractivity contribution in [1.82, 2.24) is 5.32 Å². The number of rotatable bonds is 7. The van der Waals surface area contributed by atoms with Gasteiger partial charge in [0, 0.05) is 12.5 Å². The van der Waals surface area contributed by atoms with E-state index in [1.807, 2.05) is 0 Å². The minimum absolute atomic E-state index is 0.00172. The van der Waals surface area contributed by atoms with E-state index in [1.54, 1.807) is 6.92 Å². The molecule has 0 atom stereocenters. The van der Waals surface area contributed by atoms with Crippen LogP contribution in [-0.4, -0.2) is 24.5 Å². The van der Waals surface area contributed by atoms with Gasteiger partial charge in [0.2, 0.25) is 5.91 Å². The lowest BCUT2D eigenvalue weighted by molar-refractivity contribution is -0.144. The van der Waals surface area contributed by atoms with Crippen molar-refractivity contribution in [1.29, 1.82) is 0 Å². The summed E-state index contributed by atoms with van der Waals surface area (Å²) in [6.07, 6.45) is 5.45. The molecule has 0 aromatic heterocycles. The summed E-state index contributed by atoms with van der Waals surface area (Å²) in [5, 5.41) is 3.09. The second-order valence-corrected chi connectivity index (χ2v) is 5.07. The SMILES string of the molecule is CCOC(=O)CCC(=O)NC(C1CC1)C1CC1. The zero-order valence-electron chi connectivity index (χ0n) is 10.4. The molecule has 4 nitrogen and oxygen atoms in total. The van der Waals surface area contributed by atoms with Crippen molar-refractivity contribution in [2.24, 2.45) is 11.8 Å². The van der Waals surface area contributed by atoms with E-state index in [-0.39, 0.29) is 24.7 Å². The summed E-state index contributed by atoms with van der Waals surface area (Å²) in [7, 11) is 0. The Labute approximate surface area is 102 Å². The molecule has 0 unspecified atom stereocenters. The van der Waals surface area contributed by atoms with Crippen LogP contribution < -0.4 is 5.32 Å². The van der Waals surface area contributed by atoms with Crippen LogP contribution in [0.25, 0.3) is 0 Å². The Hall–Kier alpha value is -1.06. The number of hydrogen-bond acceptors (Lipinski definition) is 3. The molecule has 2 aliphatic rings. The van der Waals surface area contributed by atoms with Crippen LogP contribution in [0.15, 0.2) is 0 Å². The van der Waals surface area contributed by atoms with Crippen molar-refractivity contribution in [3.8, 4) is 0 Å². The quantitative estimate of drug-likeness (QED) is 0.687. The lowest BCUT2D eigenvalue weighted by Gasteiger charge is -2.17. The predicted octanol–water partition coefficient (Wildman–Crippen LogP) is 1.63. The summed E-state index contributed by atoms with van der Waals surface area (Å²) >= 11 is 0. The standard InChI is InChI=1S/C13H21NO3/c1-2-17-12(16)8-7-11(15)14-13(9-3-4-9)10-5-6-10/h9-10,13H,2-8H2,1H3,(H,14,15). The fourth-order valence-corrected chi connectivity index (χ4v) is 2.24. The van der Waals surface area contributed by atoms with Gasteiger partial charge in [-0.2, -0.15) is 0 Å². The molecule has 2 aliphatic carbocycles. The topological polar surface area (TPSA) is 55.4 Å². The molecule has 0 aliphatic heterocycles. The highest BCUT2D eigenvalue weighted by Gasteiger charge is 2.42. The highest BCUT2D eigenvalue weighted by Crippen LogP contribution is 2.44. The van der Waals surface area contributed by atoms with Crippen LogP contribution in [0, 0.1) is 11.8 Å². The molecule has 96 valence electrons. The van der Waals surface area contributed by atoms with Gasteiger partial charge in [0.1, 0.15) is 0 Å². The summed E-state index contributed by atoms with van der Waals surface area (Å²) in [6.45, 7) is 2.15. The maximum absolute atomic E-state index is 11.7. The number of hydrogen-bond donors (Lipinski definition) is 1. The molecular weight excluding hydrogens is 218 g/mol. The minimum atomic E-state index is -0.281. The number of ether oxygens (including phenoxy) is 1. The maximum atomic E-state index is 11.7. The Morgan fingerprint density at radius 2 is 1.76 bits per heavy atom. The van der Waals surface area contributed by atoms with E-state index in [4.69, 9.17) is 4.74 Å². The second kappa shape index (κ2) is 5.52. The minimum Gasteiger partial charge on any atom is -0.466 e. The van der Waals surface area contributed by atoms with Crippen LogP contribution in [-0.2, 0) is 14.3 Å². The fourth-order valence-electron chi connectivity index (χ4n) is 2.24. The number of carbonyl (C=O) groups excluding carboxylic acids is 2. The van der Waals surface area contributed by atoms with Crippen LogP contribution in [0.5, 0.6) is 0 Å². The van der Waals surface area contributed by atoms with Gasteiger partial charge in [-0.1, -0.05) is 0 Å². The monoisotopic (exact) mass is 239 g/mol. The molecule has 0 bridgehead atoms. The third-order valence-corrected chi connectivity index (χ3v) is 3.45. The van der Waals surface area contributed by atoms with Gasteiger partial charge < -0.3 is 10.1 Å². The Balaban J connectivity index is 1.66. The summed E-state index contributed by atoms with van der Waals surface area (Å²) in [4.78, 5) is 22.8. The van der Waals surface area contributed by atoms with Gasteiger partial charge in [-0.3, -0.25) is 9.59 Å². The van der Waals surface area contributed by atoms with E-state index in [9.17, 15) is 9.59 Å². The third-order valence-electron chi connectivity index (χ3n) is 3.45. The van der Waals surface area contributed by atoms with E-state index >= 15 is 0 Å². The first-order valence-corrected chi connectivity index (χ1v) is 6.65. The lowest BCUT2D eigenvalue weighted by Crippen LogP contribution is -2.38. The molecule has 4 heteroatoms. The van der Waals surface area contributed by atoms with E-state index in [0.717, 1.165) is 0 Å². The van der Waals surface area contributed by atoms with Gasteiger partial charge in [-0.15, -0.1) is 0 Å². The zero-order valence-corrected chi connectivity index (χ0v) is 10.4. The summed E-state index contributed by atoms with van der Waals surface area (Å²) in [6, 6.07) is 0.379. The predicted molar refractivity (Wildman–Crippen MR) is 63.2 cm³/mol. The van der Waals surface area contributed by atoms with Crippen molar-refractivity contribution in [3.63, 3.8) is 0 Å². The molecule has 1 N–H and O–H groups in total. The van der Waals surface area contributed by atoms with Gasteiger partial charge in [0.15, 0.2) is 0 Å². The van der Waals surface area contributed by atoms with Crippen LogP contribution >= 0.6 is 0 Å². The van der Waals surface area contributed by atoms with Gasteiger partial charge in [-0.05, 0) is 44.4 Å². The smallest absolute Gasteiger partial charge is 0.306 e. The number of amides is 1. The summed E-state index contributed by atoms with van der Waals surface area (Å²) < 4.78 is 4.80. The van der Waals surface area contributed by atoms with Gasteiger partial charge in [0.05, 0.1) is 13.0 Å². The van der Waals surface area contributed by atoms with Crippen molar-refractivity contribution >= 4 is 11.9 Å². The van der Waals surface area contributed by atoms with Crippen molar-refractivity contribution < 1.29 is 14.3 Å². The van der Waals surface area contributed by atoms with E-state index < -0.39 is 0 Å². The van der Waals surface area contributed by atoms with Crippen LogP contribution in [0.2, 0.25) is 0 Å². The average molecular weight is 239 g/mol.